The van der Waals surface area contributed by atoms with E-state index in [0.717, 1.165) is 11.4 Å². The summed E-state index contributed by atoms with van der Waals surface area (Å²) < 4.78 is 5.50. The monoisotopic (exact) mass is 378 g/mol. The van der Waals surface area contributed by atoms with Gasteiger partial charge < -0.3 is 9.64 Å². The van der Waals surface area contributed by atoms with Gasteiger partial charge in [0.05, 0.1) is 12.2 Å². The van der Waals surface area contributed by atoms with Crippen LogP contribution in [0.15, 0.2) is 60.3 Å². The van der Waals surface area contributed by atoms with E-state index in [1.54, 1.807) is 4.90 Å². The van der Waals surface area contributed by atoms with Gasteiger partial charge in [-0.15, -0.1) is 0 Å². The third-order valence-corrected chi connectivity index (χ3v) is 4.62. The Hall–Kier alpha value is -3.08. The van der Waals surface area contributed by atoms with Crippen LogP contribution in [-0.2, 0) is 9.59 Å². The molecule has 2 aromatic carbocycles. The van der Waals surface area contributed by atoms with E-state index in [0.29, 0.717) is 30.0 Å². The van der Waals surface area contributed by atoms with Crippen LogP contribution >= 0.6 is 0 Å². The molecule has 2 amide bonds. The molecule has 0 atom stereocenters. The van der Waals surface area contributed by atoms with Crippen LogP contribution in [0.25, 0.3) is 5.57 Å². The number of hydrogen-bond donors (Lipinski definition) is 0. The second kappa shape index (κ2) is 8.30. The van der Waals surface area contributed by atoms with Crippen LogP contribution in [0, 0.1) is 5.92 Å². The first-order chi connectivity index (χ1) is 13.4. The Kier molecular flexibility index (Phi) is 5.83. The van der Waals surface area contributed by atoms with Crippen molar-refractivity contribution >= 4 is 23.1 Å². The summed E-state index contributed by atoms with van der Waals surface area (Å²) in [6, 6.07) is 16.9. The summed E-state index contributed by atoms with van der Waals surface area (Å²) in [6.07, 6.45) is 0. The summed E-state index contributed by atoms with van der Waals surface area (Å²) in [7, 11) is 1.82. The molecule has 5 nitrogen and oxygen atoms in total. The van der Waals surface area contributed by atoms with Crippen molar-refractivity contribution in [2.45, 2.75) is 20.8 Å². The third kappa shape index (κ3) is 3.79. The number of anilines is 1. The number of nitrogens with zero attached hydrogens (tertiary/aromatic N) is 2. The molecule has 0 unspecified atom stereocenters. The first-order valence-corrected chi connectivity index (χ1v) is 9.56. The number of ether oxygens (including phenoxy) is 1. The standard InChI is InChI=1S/C23H26N2O3/c1-5-28-19-13-11-17(12-14-19)20-21(24(4)18-9-7-6-8-10-18)23(27)25(22(20)26)15-16(2)3/h6-14,16H,5,15H2,1-4H3. The lowest BCUT2D eigenvalue weighted by Gasteiger charge is -2.22. The van der Waals surface area contributed by atoms with E-state index >= 15 is 0 Å². The summed E-state index contributed by atoms with van der Waals surface area (Å²) in [5, 5.41) is 0. The fourth-order valence-electron chi connectivity index (χ4n) is 3.33. The minimum absolute atomic E-state index is 0.191. The maximum absolute atomic E-state index is 13.2. The number of rotatable bonds is 7. The third-order valence-electron chi connectivity index (χ3n) is 4.62. The molecule has 146 valence electrons. The molecule has 0 spiro atoms. The van der Waals surface area contributed by atoms with Gasteiger partial charge in [0.2, 0.25) is 0 Å². The average Bonchev–Trinajstić information content (AvgIpc) is 2.93. The molecule has 0 saturated heterocycles. The van der Waals surface area contributed by atoms with Gasteiger partial charge in [0.25, 0.3) is 11.8 Å². The van der Waals surface area contributed by atoms with Gasteiger partial charge in [0, 0.05) is 19.3 Å². The molecule has 5 heteroatoms. The number of amides is 2. The van der Waals surface area contributed by atoms with Crippen molar-refractivity contribution in [3.63, 3.8) is 0 Å². The van der Waals surface area contributed by atoms with Gasteiger partial charge >= 0.3 is 0 Å². The lowest BCUT2D eigenvalue weighted by molar-refractivity contribution is -0.137. The Morgan fingerprint density at radius 1 is 0.964 bits per heavy atom. The van der Waals surface area contributed by atoms with Crippen molar-refractivity contribution in [3.8, 4) is 5.75 Å². The number of para-hydroxylation sites is 1. The van der Waals surface area contributed by atoms with Crippen molar-refractivity contribution < 1.29 is 14.3 Å². The van der Waals surface area contributed by atoms with Crippen molar-refractivity contribution in [1.29, 1.82) is 0 Å². The highest BCUT2D eigenvalue weighted by Crippen LogP contribution is 2.34. The first-order valence-electron chi connectivity index (χ1n) is 9.56. The quantitative estimate of drug-likeness (QED) is 0.685. The Morgan fingerprint density at radius 3 is 2.18 bits per heavy atom. The van der Waals surface area contributed by atoms with Crippen LogP contribution in [0.3, 0.4) is 0 Å². The molecule has 3 rings (SSSR count). The van der Waals surface area contributed by atoms with Crippen molar-refractivity contribution in [3.05, 3.63) is 65.9 Å². The second-order valence-electron chi connectivity index (χ2n) is 7.19. The van der Waals surface area contributed by atoms with Crippen LogP contribution in [0.4, 0.5) is 5.69 Å². The van der Waals surface area contributed by atoms with Crippen LogP contribution in [0.1, 0.15) is 26.3 Å². The fourth-order valence-corrected chi connectivity index (χ4v) is 3.33. The lowest BCUT2D eigenvalue weighted by atomic mass is 10.0. The van der Waals surface area contributed by atoms with E-state index < -0.39 is 0 Å². The zero-order valence-corrected chi connectivity index (χ0v) is 16.8. The highest BCUT2D eigenvalue weighted by atomic mass is 16.5. The molecule has 0 N–H and O–H groups in total. The lowest BCUT2D eigenvalue weighted by Crippen LogP contribution is -2.36. The fraction of sp³-hybridized carbons (Fsp3) is 0.304. The van der Waals surface area contributed by atoms with Gasteiger partial charge in [0.15, 0.2) is 0 Å². The molecule has 0 bridgehead atoms. The largest absolute Gasteiger partial charge is 0.494 e. The highest BCUT2D eigenvalue weighted by Gasteiger charge is 2.41. The molecular weight excluding hydrogens is 352 g/mol. The number of carbonyl (C=O) groups is 2. The highest BCUT2D eigenvalue weighted by molar-refractivity contribution is 6.36. The van der Waals surface area contributed by atoms with Crippen LogP contribution in [0.2, 0.25) is 0 Å². The van der Waals surface area contributed by atoms with Gasteiger partial charge in [-0.1, -0.05) is 44.2 Å². The number of likely N-dealkylation sites (N-methyl/N-ethyl adjacent to an activating group) is 1. The summed E-state index contributed by atoms with van der Waals surface area (Å²) in [5.41, 5.74) is 2.40. The van der Waals surface area contributed by atoms with E-state index in [1.165, 1.54) is 4.90 Å². The number of carbonyl (C=O) groups excluding carboxylic acids is 2. The van der Waals surface area contributed by atoms with E-state index in [9.17, 15) is 9.59 Å². The van der Waals surface area contributed by atoms with E-state index in [1.807, 2.05) is 82.4 Å². The normalized spacial score (nSPS) is 14.2. The summed E-state index contributed by atoms with van der Waals surface area (Å²) in [6.45, 7) is 6.88. The average molecular weight is 378 g/mol. The van der Waals surface area contributed by atoms with Crippen LogP contribution in [0.5, 0.6) is 5.75 Å². The van der Waals surface area contributed by atoms with Gasteiger partial charge in [-0.05, 0) is 42.7 Å². The first kappa shape index (κ1) is 19.7. The van der Waals surface area contributed by atoms with Crippen LogP contribution < -0.4 is 9.64 Å². The molecule has 0 fully saturated rings. The Labute approximate surface area is 166 Å². The number of benzene rings is 2. The van der Waals surface area contributed by atoms with E-state index in [2.05, 4.69) is 0 Å². The van der Waals surface area contributed by atoms with E-state index in [4.69, 9.17) is 4.74 Å². The molecule has 28 heavy (non-hydrogen) atoms. The minimum atomic E-state index is -0.256. The van der Waals surface area contributed by atoms with Crippen molar-refractivity contribution in [2.24, 2.45) is 5.92 Å². The Morgan fingerprint density at radius 2 is 1.61 bits per heavy atom. The summed E-state index contributed by atoms with van der Waals surface area (Å²) in [5.74, 6) is 0.422. The molecule has 2 aromatic rings. The molecule has 0 saturated carbocycles. The maximum atomic E-state index is 13.2. The molecule has 0 aromatic heterocycles. The van der Waals surface area contributed by atoms with Gasteiger partial charge in [0.1, 0.15) is 11.4 Å². The molecular formula is C23H26N2O3. The topological polar surface area (TPSA) is 49.9 Å². The van der Waals surface area contributed by atoms with Crippen molar-refractivity contribution in [2.75, 3.05) is 25.1 Å². The molecule has 1 heterocycles. The van der Waals surface area contributed by atoms with Crippen LogP contribution in [-0.4, -0.2) is 36.9 Å². The van der Waals surface area contributed by atoms with Crippen molar-refractivity contribution in [1.82, 2.24) is 4.90 Å². The van der Waals surface area contributed by atoms with E-state index in [-0.39, 0.29) is 17.7 Å². The Bertz CT molecular complexity index is 886. The summed E-state index contributed by atoms with van der Waals surface area (Å²) in [4.78, 5) is 29.5. The zero-order chi connectivity index (χ0) is 20.3. The number of hydrogen-bond acceptors (Lipinski definition) is 4. The predicted octanol–water partition coefficient (Wildman–Crippen LogP) is 3.96. The molecule has 0 aliphatic carbocycles. The zero-order valence-electron chi connectivity index (χ0n) is 16.8. The Balaban J connectivity index is 2.08. The second-order valence-corrected chi connectivity index (χ2v) is 7.19. The smallest absolute Gasteiger partial charge is 0.278 e. The molecule has 0 radical (unpaired) electrons. The minimum Gasteiger partial charge on any atom is -0.494 e. The molecule has 1 aliphatic heterocycles. The predicted molar refractivity (Wildman–Crippen MR) is 111 cm³/mol. The number of imide groups is 1. The van der Waals surface area contributed by atoms with Gasteiger partial charge in [-0.25, -0.2) is 0 Å². The van der Waals surface area contributed by atoms with Gasteiger partial charge in [-0.2, -0.15) is 0 Å². The summed E-state index contributed by atoms with van der Waals surface area (Å²) >= 11 is 0. The molecule has 1 aliphatic rings. The maximum Gasteiger partial charge on any atom is 0.278 e. The SMILES string of the molecule is CCOc1ccc(C2=C(N(C)c3ccccc3)C(=O)N(CC(C)C)C2=O)cc1. The van der Waals surface area contributed by atoms with Gasteiger partial charge in [-0.3, -0.25) is 14.5 Å².